The van der Waals surface area contributed by atoms with Gasteiger partial charge in [0.05, 0.1) is 27.9 Å². The summed E-state index contributed by atoms with van der Waals surface area (Å²) >= 11 is 1.52. The fraction of sp³-hybridized carbons (Fsp3) is 0.227. The summed E-state index contributed by atoms with van der Waals surface area (Å²) < 4.78 is 14.0. The zero-order valence-electron chi connectivity index (χ0n) is 16.5. The number of benzene rings is 2. The number of para-hydroxylation sites is 1. The Kier molecular flexibility index (Phi) is 5.31. The van der Waals surface area contributed by atoms with Crippen LogP contribution in [0.25, 0.3) is 10.2 Å². The van der Waals surface area contributed by atoms with E-state index in [1.165, 1.54) is 11.3 Å². The van der Waals surface area contributed by atoms with Crippen LogP contribution >= 0.6 is 11.3 Å². The fourth-order valence-electron chi connectivity index (χ4n) is 3.08. The quantitative estimate of drug-likeness (QED) is 0.500. The van der Waals surface area contributed by atoms with Gasteiger partial charge in [0.25, 0.3) is 5.91 Å². The standard InChI is InChI=1S/C22H21N3O3S/c1-14-18(15(2)28-24-14)13-27-17-10-8-16(9-11-17)12-21(26)23-22-25(3)19-6-4-5-7-20(19)29-22/h4-11H,12-13H2,1-3H3. The summed E-state index contributed by atoms with van der Waals surface area (Å²) in [4.78, 5) is 17.4. The molecule has 0 aliphatic heterocycles. The SMILES string of the molecule is Cc1noc(C)c1COc1ccc(CC(=O)N=c2sc3ccccc3n2C)cc1. The van der Waals surface area contributed by atoms with Crippen LogP contribution < -0.4 is 9.54 Å². The molecule has 148 valence electrons. The molecule has 29 heavy (non-hydrogen) atoms. The van der Waals surface area contributed by atoms with Gasteiger partial charge < -0.3 is 13.8 Å². The number of carbonyl (C=O) groups is 1. The van der Waals surface area contributed by atoms with Crippen LogP contribution in [0.2, 0.25) is 0 Å². The number of rotatable bonds is 5. The summed E-state index contributed by atoms with van der Waals surface area (Å²) in [6.45, 7) is 4.16. The van der Waals surface area contributed by atoms with E-state index in [-0.39, 0.29) is 12.3 Å². The van der Waals surface area contributed by atoms with Crippen LogP contribution in [0.4, 0.5) is 0 Å². The summed E-state index contributed by atoms with van der Waals surface area (Å²) in [6, 6.07) is 15.5. The third kappa shape index (κ3) is 4.14. The molecule has 4 rings (SSSR count). The molecule has 0 fully saturated rings. The van der Waals surface area contributed by atoms with Crippen LogP contribution in [0.15, 0.2) is 58.0 Å². The smallest absolute Gasteiger partial charge is 0.252 e. The Hall–Kier alpha value is -3.19. The van der Waals surface area contributed by atoms with E-state index in [0.717, 1.165) is 38.5 Å². The number of aromatic nitrogens is 2. The minimum Gasteiger partial charge on any atom is -0.489 e. The van der Waals surface area contributed by atoms with E-state index < -0.39 is 0 Å². The zero-order chi connectivity index (χ0) is 20.4. The number of nitrogens with zero attached hydrogens (tertiary/aromatic N) is 3. The molecule has 2 heterocycles. The molecule has 1 amide bonds. The van der Waals surface area contributed by atoms with Crippen molar-refractivity contribution in [2.24, 2.45) is 12.0 Å². The van der Waals surface area contributed by atoms with Crippen molar-refractivity contribution in [3.63, 3.8) is 0 Å². The largest absolute Gasteiger partial charge is 0.489 e. The fourth-order valence-corrected chi connectivity index (χ4v) is 4.11. The van der Waals surface area contributed by atoms with E-state index in [9.17, 15) is 4.79 Å². The molecule has 0 aliphatic carbocycles. The van der Waals surface area contributed by atoms with E-state index in [1.54, 1.807) is 0 Å². The van der Waals surface area contributed by atoms with Crippen LogP contribution in [0, 0.1) is 13.8 Å². The van der Waals surface area contributed by atoms with Crippen molar-refractivity contribution in [2.45, 2.75) is 26.9 Å². The first-order valence-corrected chi connectivity index (χ1v) is 10.1. The Labute approximate surface area is 172 Å². The van der Waals surface area contributed by atoms with Crippen molar-refractivity contribution >= 4 is 27.5 Å². The average molecular weight is 407 g/mol. The molecular weight excluding hydrogens is 386 g/mol. The number of carbonyl (C=O) groups excluding carboxylic acids is 1. The van der Waals surface area contributed by atoms with Crippen molar-refractivity contribution in [2.75, 3.05) is 0 Å². The highest BCUT2D eigenvalue weighted by Gasteiger charge is 2.10. The number of hydrogen-bond donors (Lipinski definition) is 0. The second-order valence-corrected chi connectivity index (χ2v) is 7.84. The van der Waals surface area contributed by atoms with Gasteiger partial charge in [-0.1, -0.05) is 40.8 Å². The lowest BCUT2D eigenvalue weighted by Crippen LogP contribution is -2.14. The van der Waals surface area contributed by atoms with Crippen LogP contribution in [-0.2, 0) is 24.9 Å². The second-order valence-electron chi connectivity index (χ2n) is 6.83. The van der Waals surface area contributed by atoms with Gasteiger partial charge in [-0.3, -0.25) is 4.79 Å². The Bertz CT molecular complexity index is 1210. The Morgan fingerprint density at radius 1 is 1.17 bits per heavy atom. The van der Waals surface area contributed by atoms with Crippen LogP contribution in [0.1, 0.15) is 22.6 Å². The lowest BCUT2D eigenvalue weighted by Gasteiger charge is -2.06. The Balaban J connectivity index is 1.43. The number of aryl methyl sites for hydroxylation is 3. The van der Waals surface area contributed by atoms with Crippen molar-refractivity contribution in [3.05, 3.63) is 75.9 Å². The first kappa shape index (κ1) is 19.1. The molecule has 0 radical (unpaired) electrons. The van der Waals surface area contributed by atoms with Crippen molar-refractivity contribution < 1.29 is 14.1 Å². The molecule has 0 unspecified atom stereocenters. The number of ether oxygens (including phenoxy) is 1. The summed E-state index contributed by atoms with van der Waals surface area (Å²) in [5.74, 6) is 1.33. The molecule has 0 N–H and O–H groups in total. The normalized spacial score (nSPS) is 11.9. The summed E-state index contributed by atoms with van der Waals surface area (Å²) in [6.07, 6.45) is 0.248. The third-order valence-corrected chi connectivity index (χ3v) is 5.89. The molecule has 0 atom stereocenters. The van der Waals surface area contributed by atoms with Gasteiger partial charge in [0.15, 0.2) is 4.80 Å². The molecule has 7 heteroatoms. The highest BCUT2D eigenvalue weighted by Crippen LogP contribution is 2.18. The molecule has 4 aromatic rings. The van der Waals surface area contributed by atoms with Gasteiger partial charge >= 0.3 is 0 Å². The molecule has 0 bridgehead atoms. The molecule has 0 saturated heterocycles. The predicted octanol–water partition coefficient (Wildman–Crippen LogP) is 4.09. The highest BCUT2D eigenvalue weighted by molar-refractivity contribution is 7.16. The number of fused-ring (bicyclic) bond motifs is 1. The van der Waals surface area contributed by atoms with E-state index in [2.05, 4.69) is 10.1 Å². The zero-order valence-corrected chi connectivity index (χ0v) is 17.3. The predicted molar refractivity (Wildman–Crippen MR) is 112 cm³/mol. The van der Waals surface area contributed by atoms with Crippen LogP contribution in [0.3, 0.4) is 0 Å². The van der Waals surface area contributed by atoms with Crippen LogP contribution in [-0.4, -0.2) is 15.6 Å². The minimum atomic E-state index is -0.170. The van der Waals surface area contributed by atoms with Gasteiger partial charge in [-0.15, -0.1) is 0 Å². The first-order valence-electron chi connectivity index (χ1n) is 9.27. The summed E-state index contributed by atoms with van der Waals surface area (Å²) in [5.41, 5.74) is 3.76. The van der Waals surface area contributed by atoms with Gasteiger partial charge in [0.2, 0.25) is 0 Å². The average Bonchev–Trinajstić information content (AvgIpc) is 3.20. The molecule has 6 nitrogen and oxygen atoms in total. The maximum Gasteiger partial charge on any atom is 0.252 e. The summed E-state index contributed by atoms with van der Waals surface area (Å²) in [5, 5.41) is 3.93. The first-order chi connectivity index (χ1) is 14.0. The monoisotopic (exact) mass is 407 g/mol. The van der Waals surface area contributed by atoms with Gasteiger partial charge in [-0.05, 0) is 43.7 Å². The van der Waals surface area contributed by atoms with Gasteiger partial charge in [-0.2, -0.15) is 4.99 Å². The molecule has 2 aromatic heterocycles. The minimum absolute atomic E-state index is 0.170. The van der Waals surface area contributed by atoms with E-state index in [4.69, 9.17) is 9.26 Å². The van der Waals surface area contributed by atoms with Crippen molar-refractivity contribution in [1.29, 1.82) is 0 Å². The van der Waals surface area contributed by atoms with Crippen molar-refractivity contribution in [3.8, 4) is 5.75 Å². The van der Waals surface area contributed by atoms with Crippen LogP contribution in [0.5, 0.6) is 5.75 Å². The van der Waals surface area contributed by atoms with E-state index >= 15 is 0 Å². The van der Waals surface area contributed by atoms with Crippen molar-refractivity contribution in [1.82, 2.24) is 9.72 Å². The Morgan fingerprint density at radius 3 is 2.62 bits per heavy atom. The lowest BCUT2D eigenvalue weighted by atomic mass is 10.1. The second kappa shape index (κ2) is 8.05. The van der Waals surface area contributed by atoms with E-state index in [1.807, 2.05) is 74.0 Å². The third-order valence-electron chi connectivity index (χ3n) is 4.78. The van der Waals surface area contributed by atoms with Gasteiger partial charge in [0.1, 0.15) is 18.1 Å². The summed E-state index contributed by atoms with van der Waals surface area (Å²) in [7, 11) is 1.93. The van der Waals surface area contributed by atoms with Gasteiger partial charge in [0, 0.05) is 7.05 Å². The lowest BCUT2D eigenvalue weighted by molar-refractivity contribution is -0.117. The maximum atomic E-state index is 12.4. The number of hydrogen-bond acceptors (Lipinski definition) is 5. The highest BCUT2D eigenvalue weighted by atomic mass is 32.1. The molecule has 2 aromatic carbocycles. The molecular formula is C22H21N3O3S. The maximum absolute atomic E-state index is 12.4. The van der Waals surface area contributed by atoms with Gasteiger partial charge in [-0.25, -0.2) is 0 Å². The number of amides is 1. The topological polar surface area (TPSA) is 69.6 Å². The molecule has 0 spiro atoms. The Morgan fingerprint density at radius 2 is 1.93 bits per heavy atom. The van der Waals surface area contributed by atoms with E-state index in [0.29, 0.717) is 11.4 Å². The molecule has 0 saturated carbocycles. The number of thiazole rings is 1. The molecule has 0 aliphatic rings.